The van der Waals surface area contributed by atoms with Crippen molar-refractivity contribution in [3.05, 3.63) is 18.1 Å². The third kappa shape index (κ3) is 2.03. The highest BCUT2D eigenvalue weighted by atomic mass is 16.4. The molecule has 1 aliphatic rings. The molecule has 1 fully saturated rings. The van der Waals surface area contributed by atoms with Crippen molar-refractivity contribution in [2.75, 3.05) is 12.3 Å². The number of aliphatic carboxylic acids is 1. The van der Waals surface area contributed by atoms with Crippen LogP contribution in [0, 0.1) is 0 Å². The average molecular weight is 236 g/mol. The second-order valence-corrected chi connectivity index (χ2v) is 3.78. The van der Waals surface area contributed by atoms with Gasteiger partial charge in [0.2, 0.25) is 0 Å². The molecule has 2 rings (SSSR count). The monoisotopic (exact) mass is 236 g/mol. The van der Waals surface area contributed by atoms with Crippen molar-refractivity contribution in [3.63, 3.8) is 0 Å². The SMILES string of the molecule is Nc1nccnc1C(=O)N1CCC[C@@H]1C(=O)O. The molecule has 1 aromatic rings. The summed E-state index contributed by atoms with van der Waals surface area (Å²) in [4.78, 5) is 31.9. The third-order valence-electron chi connectivity index (χ3n) is 2.73. The number of amides is 1. The molecule has 17 heavy (non-hydrogen) atoms. The molecule has 0 radical (unpaired) electrons. The minimum atomic E-state index is -1.00. The number of hydrogen-bond acceptors (Lipinski definition) is 5. The van der Waals surface area contributed by atoms with Crippen molar-refractivity contribution < 1.29 is 14.7 Å². The number of carbonyl (C=O) groups is 2. The Morgan fingerprint density at radius 1 is 1.41 bits per heavy atom. The predicted octanol–water partition coefficient (Wildman–Crippen LogP) is -0.252. The van der Waals surface area contributed by atoms with Gasteiger partial charge in [-0.15, -0.1) is 0 Å². The Hall–Kier alpha value is -2.18. The van der Waals surface area contributed by atoms with Crippen LogP contribution in [0.2, 0.25) is 0 Å². The van der Waals surface area contributed by atoms with Crippen molar-refractivity contribution in [2.24, 2.45) is 0 Å². The van der Waals surface area contributed by atoms with E-state index >= 15 is 0 Å². The molecule has 90 valence electrons. The van der Waals surface area contributed by atoms with Gasteiger partial charge in [0.25, 0.3) is 5.91 Å². The maximum absolute atomic E-state index is 12.1. The predicted molar refractivity (Wildman–Crippen MR) is 58.1 cm³/mol. The molecule has 1 saturated heterocycles. The summed E-state index contributed by atoms with van der Waals surface area (Å²) in [5, 5.41) is 8.99. The van der Waals surface area contributed by atoms with Crippen LogP contribution in [0.5, 0.6) is 0 Å². The molecule has 7 nitrogen and oxygen atoms in total. The summed E-state index contributed by atoms with van der Waals surface area (Å²) in [6.07, 6.45) is 3.87. The van der Waals surface area contributed by atoms with E-state index in [2.05, 4.69) is 9.97 Å². The Kier molecular flexibility index (Phi) is 2.90. The van der Waals surface area contributed by atoms with E-state index in [0.29, 0.717) is 19.4 Å². The van der Waals surface area contributed by atoms with Crippen LogP contribution in [0.4, 0.5) is 5.82 Å². The Morgan fingerprint density at radius 2 is 2.12 bits per heavy atom. The first-order chi connectivity index (χ1) is 8.11. The second kappa shape index (κ2) is 4.36. The molecule has 2 heterocycles. The molecule has 0 aliphatic carbocycles. The third-order valence-corrected chi connectivity index (χ3v) is 2.73. The lowest BCUT2D eigenvalue weighted by Crippen LogP contribution is -2.41. The molecule has 1 amide bonds. The molecule has 0 aromatic carbocycles. The van der Waals surface area contributed by atoms with Gasteiger partial charge in [-0.25, -0.2) is 14.8 Å². The van der Waals surface area contributed by atoms with Gasteiger partial charge in [-0.1, -0.05) is 0 Å². The van der Waals surface area contributed by atoms with E-state index < -0.39 is 17.9 Å². The normalized spacial score (nSPS) is 19.3. The minimum Gasteiger partial charge on any atom is -0.480 e. The summed E-state index contributed by atoms with van der Waals surface area (Å²) in [6.45, 7) is 0.409. The van der Waals surface area contributed by atoms with E-state index in [1.807, 2.05) is 0 Å². The maximum Gasteiger partial charge on any atom is 0.326 e. The number of carbonyl (C=O) groups excluding carboxylic acids is 1. The minimum absolute atomic E-state index is 0.0145. The number of carboxylic acid groups (broad SMARTS) is 1. The smallest absolute Gasteiger partial charge is 0.326 e. The van der Waals surface area contributed by atoms with Crippen molar-refractivity contribution >= 4 is 17.7 Å². The molecule has 3 N–H and O–H groups in total. The number of nitrogens with zero attached hydrogens (tertiary/aromatic N) is 3. The first-order valence-electron chi connectivity index (χ1n) is 5.21. The molecule has 0 spiro atoms. The molecule has 7 heteroatoms. The molecule has 0 bridgehead atoms. The van der Waals surface area contributed by atoms with Gasteiger partial charge >= 0.3 is 5.97 Å². The van der Waals surface area contributed by atoms with Crippen LogP contribution in [0.3, 0.4) is 0 Å². The van der Waals surface area contributed by atoms with E-state index in [1.54, 1.807) is 0 Å². The highest BCUT2D eigenvalue weighted by Gasteiger charge is 2.35. The fraction of sp³-hybridized carbons (Fsp3) is 0.400. The van der Waals surface area contributed by atoms with Crippen LogP contribution >= 0.6 is 0 Å². The number of hydrogen-bond donors (Lipinski definition) is 2. The van der Waals surface area contributed by atoms with Crippen molar-refractivity contribution in [3.8, 4) is 0 Å². The van der Waals surface area contributed by atoms with Gasteiger partial charge in [0.05, 0.1) is 0 Å². The molecular formula is C10H12N4O3. The summed E-state index contributed by atoms with van der Waals surface area (Å²) in [7, 11) is 0. The summed E-state index contributed by atoms with van der Waals surface area (Å²) in [5.74, 6) is -1.45. The largest absolute Gasteiger partial charge is 0.480 e. The summed E-state index contributed by atoms with van der Waals surface area (Å²) >= 11 is 0. The number of carboxylic acids is 1. The van der Waals surface area contributed by atoms with Gasteiger partial charge in [-0.05, 0) is 12.8 Å². The molecule has 0 unspecified atom stereocenters. The molecule has 0 saturated carbocycles. The zero-order valence-electron chi connectivity index (χ0n) is 9.04. The molecule has 1 aliphatic heterocycles. The fourth-order valence-electron chi connectivity index (χ4n) is 1.92. The van der Waals surface area contributed by atoms with Gasteiger partial charge < -0.3 is 15.7 Å². The molecule has 1 aromatic heterocycles. The number of rotatable bonds is 2. The van der Waals surface area contributed by atoms with E-state index in [4.69, 9.17) is 10.8 Å². The van der Waals surface area contributed by atoms with E-state index in [9.17, 15) is 9.59 Å². The zero-order valence-corrected chi connectivity index (χ0v) is 9.04. The average Bonchev–Trinajstić information content (AvgIpc) is 2.77. The first kappa shape index (κ1) is 11.3. The zero-order chi connectivity index (χ0) is 12.4. The maximum atomic E-state index is 12.1. The Labute approximate surface area is 97.3 Å². The lowest BCUT2D eigenvalue weighted by Gasteiger charge is -2.21. The molecular weight excluding hydrogens is 224 g/mol. The van der Waals surface area contributed by atoms with Crippen LogP contribution in [0.25, 0.3) is 0 Å². The quantitative estimate of drug-likeness (QED) is 0.732. The van der Waals surface area contributed by atoms with Gasteiger partial charge in [0.1, 0.15) is 6.04 Å². The summed E-state index contributed by atoms with van der Waals surface area (Å²) in [6, 6.07) is -0.788. The van der Waals surface area contributed by atoms with Crippen LogP contribution in [-0.2, 0) is 4.79 Å². The van der Waals surface area contributed by atoms with Crippen molar-refractivity contribution in [1.82, 2.24) is 14.9 Å². The van der Waals surface area contributed by atoms with E-state index in [-0.39, 0.29) is 11.5 Å². The summed E-state index contributed by atoms with van der Waals surface area (Å²) < 4.78 is 0. The highest BCUT2D eigenvalue weighted by molar-refractivity contribution is 5.98. The van der Waals surface area contributed by atoms with Crippen LogP contribution in [0.1, 0.15) is 23.3 Å². The Morgan fingerprint density at radius 3 is 2.76 bits per heavy atom. The molecule has 1 atom stereocenters. The van der Waals surface area contributed by atoms with Crippen LogP contribution in [-0.4, -0.2) is 44.4 Å². The summed E-state index contributed by atoms with van der Waals surface area (Å²) in [5.41, 5.74) is 5.56. The lowest BCUT2D eigenvalue weighted by atomic mass is 10.2. The van der Waals surface area contributed by atoms with E-state index in [0.717, 1.165) is 0 Å². The van der Waals surface area contributed by atoms with Crippen LogP contribution < -0.4 is 5.73 Å². The van der Waals surface area contributed by atoms with Gasteiger partial charge in [-0.2, -0.15) is 0 Å². The Balaban J connectivity index is 2.26. The number of aromatic nitrogens is 2. The lowest BCUT2D eigenvalue weighted by molar-refractivity contribution is -0.141. The number of nitrogen functional groups attached to an aromatic ring is 1. The standard InChI is InChI=1S/C10H12N4O3/c11-8-7(12-3-4-13-8)9(15)14-5-1-2-6(14)10(16)17/h3-4,6H,1-2,5H2,(H2,11,13)(H,16,17)/t6-/m1/s1. The van der Waals surface area contributed by atoms with Gasteiger partial charge in [0.15, 0.2) is 11.5 Å². The van der Waals surface area contributed by atoms with Crippen molar-refractivity contribution in [1.29, 1.82) is 0 Å². The topological polar surface area (TPSA) is 109 Å². The van der Waals surface area contributed by atoms with Crippen LogP contribution in [0.15, 0.2) is 12.4 Å². The second-order valence-electron chi connectivity index (χ2n) is 3.78. The number of anilines is 1. The van der Waals surface area contributed by atoms with Crippen molar-refractivity contribution in [2.45, 2.75) is 18.9 Å². The van der Waals surface area contributed by atoms with Gasteiger partial charge in [-0.3, -0.25) is 4.79 Å². The number of nitrogens with two attached hydrogens (primary N) is 1. The Bertz CT molecular complexity index is 463. The number of likely N-dealkylation sites (tertiary alicyclic amines) is 1. The van der Waals surface area contributed by atoms with Gasteiger partial charge in [0, 0.05) is 18.9 Å². The first-order valence-corrected chi connectivity index (χ1v) is 5.21. The fourth-order valence-corrected chi connectivity index (χ4v) is 1.92. The van der Waals surface area contributed by atoms with E-state index in [1.165, 1.54) is 17.3 Å². The highest BCUT2D eigenvalue weighted by Crippen LogP contribution is 2.20.